The van der Waals surface area contributed by atoms with Gasteiger partial charge in [-0.15, -0.1) is 0 Å². The highest BCUT2D eigenvalue weighted by atomic mass is 35.5. The van der Waals surface area contributed by atoms with E-state index in [2.05, 4.69) is 45.0 Å². The third-order valence-electron chi connectivity index (χ3n) is 6.98. The summed E-state index contributed by atoms with van der Waals surface area (Å²) in [4.78, 5) is 19.0. The fourth-order valence-electron chi connectivity index (χ4n) is 5.06. The van der Waals surface area contributed by atoms with E-state index in [1.165, 1.54) is 0 Å². The van der Waals surface area contributed by atoms with E-state index in [4.69, 9.17) is 35.4 Å². The molecule has 1 aliphatic heterocycles. The van der Waals surface area contributed by atoms with Gasteiger partial charge in [0.05, 0.1) is 28.5 Å². The number of thiocarbonyl (C=S) groups is 1. The maximum atomic E-state index is 12.3. The molecule has 9 heteroatoms. The molecule has 2 atom stereocenters. The summed E-state index contributed by atoms with van der Waals surface area (Å²) in [5, 5.41) is 8.11. The Balaban J connectivity index is 1.61. The number of halogens is 2. The number of hydrogen-bond acceptors (Lipinski definition) is 3. The zero-order chi connectivity index (χ0) is 27.8. The number of nitrogens with one attached hydrogen (secondary N) is 2. The lowest BCUT2D eigenvalue weighted by Crippen LogP contribution is -2.29. The maximum Gasteiger partial charge on any atom is 0.226 e. The molecule has 5 rings (SSSR count). The molecule has 2 N–H and O–H groups in total. The van der Waals surface area contributed by atoms with Crippen molar-refractivity contribution >= 4 is 57.8 Å². The standard InChI is InChI=1S/C30H29Cl2N5OS/c1-17(2)29(38)34-25-13-12-22(16-24(25)32)37-28(27(35-30(37)39)26-7-5-6-14-33-26)23-15-18(3)36(19(23)4)21-10-8-20(31)9-11-21/h5-17,27-28H,1-4H3,(H,34,38)(H,35,39). The molecule has 200 valence electrons. The molecule has 6 nitrogen and oxygen atoms in total. The predicted octanol–water partition coefficient (Wildman–Crippen LogP) is 7.57. The Bertz CT molecular complexity index is 1540. The Labute approximate surface area is 244 Å². The molecule has 0 aliphatic carbocycles. The van der Waals surface area contributed by atoms with Gasteiger partial charge in [-0.1, -0.05) is 43.1 Å². The van der Waals surface area contributed by atoms with Crippen LogP contribution in [0.3, 0.4) is 0 Å². The van der Waals surface area contributed by atoms with Crippen LogP contribution < -0.4 is 15.5 Å². The second kappa shape index (κ2) is 11.0. The lowest BCUT2D eigenvalue weighted by atomic mass is 9.96. The van der Waals surface area contributed by atoms with E-state index in [1.807, 2.05) is 74.5 Å². The third-order valence-corrected chi connectivity index (χ3v) is 7.86. The van der Waals surface area contributed by atoms with Gasteiger partial charge in [-0.25, -0.2) is 0 Å². The van der Waals surface area contributed by atoms with Gasteiger partial charge < -0.3 is 20.1 Å². The van der Waals surface area contributed by atoms with Crippen molar-refractivity contribution in [2.45, 2.75) is 39.8 Å². The average Bonchev–Trinajstić information content (AvgIpc) is 3.41. The number of hydrogen-bond donors (Lipinski definition) is 2. The Morgan fingerprint density at radius 3 is 2.38 bits per heavy atom. The number of benzene rings is 2. The van der Waals surface area contributed by atoms with Crippen LogP contribution in [-0.2, 0) is 4.79 Å². The van der Waals surface area contributed by atoms with E-state index in [9.17, 15) is 4.79 Å². The molecular formula is C30H29Cl2N5OS. The van der Waals surface area contributed by atoms with Gasteiger partial charge in [0.15, 0.2) is 5.11 Å². The number of aromatic nitrogens is 2. The van der Waals surface area contributed by atoms with Gasteiger partial charge in [0.2, 0.25) is 5.91 Å². The van der Waals surface area contributed by atoms with E-state index >= 15 is 0 Å². The Kier molecular flexibility index (Phi) is 7.67. The van der Waals surface area contributed by atoms with Crippen molar-refractivity contribution < 1.29 is 4.79 Å². The maximum absolute atomic E-state index is 12.3. The third kappa shape index (κ3) is 5.26. The fraction of sp³-hybridized carbons (Fsp3) is 0.233. The van der Waals surface area contributed by atoms with E-state index in [1.54, 1.807) is 6.20 Å². The number of carbonyl (C=O) groups excluding carboxylic acids is 1. The van der Waals surface area contributed by atoms with Gasteiger partial charge in [-0.2, -0.15) is 0 Å². The van der Waals surface area contributed by atoms with Crippen LogP contribution in [0.25, 0.3) is 5.69 Å². The first-order valence-corrected chi connectivity index (χ1v) is 13.9. The molecule has 3 heterocycles. The fourth-order valence-corrected chi connectivity index (χ4v) is 5.75. The van der Waals surface area contributed by atoms with Crippen LogP contribution >= 0.6 is 35.4 Å². The molecule has 1 aliphatic rings. The monoisotopic (exact) mass is 577 g/mol. The van der Waals surface area contributed by atoms with Crippen molar-refractivity contribution in [3.8, 4) is 5.69 Å². The van der Waals surface area contributed by atoms with E-state index in [-0.39, 0.29) is 23.9 Å². The number of amides is 1. The smallest absolute Gasteiger partial charge is 0.226 e. The highest BCUT2D eigenvalue weighted by Gasteiger charge is 2.42. The summed E-state index contributed by atoms with van der Waals surface area (Å²) >= 11 is 18.7. The number of pyridine rings is 1. The molecule has 4 aromatic rings. The van der Waals surface area contributed by atoms with Crippen LogP contribution in [0.5, 0.6) is 0 Å². The first kappa shape index (κ1) is 27.2. The summed E-state index contributed by atoms with van der Waals surface area (Å²) in [6.07, 6.45) is 1.79. The minimum absolute atomic E-state index is 0.0919. The summed E-state index contributed by atoms with van der Waals surface area (Å²) in [5.41, 5.74) is 6.59. The zero-order valence-corrected chi connectivity index (χ0v) is 24.4. The van der Waals surface area contributed by atoms with Crippen molar-refractivity contribution in [2.75, 3.05) is 10.2 Å². The molecule has 39 heavy (non-hydrogen) atoms. The van der Waals surface area contributed by atoms with Crippen molar-refractivity contribution in [3.63, 3.8) is 0 Å². The zero-order valence-electron chi connectivity index (χ0n) is 22.1. The van der Waals surface area contributed by atoms with Crippen molar-refractivity contribution in [1.29, 1.82) is 0 Å². The molecule has 0 bridgehead atoms. The summed E-state index contributed by atoms with van der Waals surface area (Å²) in [5.74, 6) is -0.249. The van der Waals surface area contributed by atoms with Crippen molar-refractivity contribution in [1.82, 2.24) is 14.9 Å². The van der Waals surface area contributed by atoms with E-state index in [0.717, 1.165) is 34.0 Å². The summed E-state index contributed by atoms with van der Waals surface area (Å²) in [6, 6.07) is 21.1. The van der Waals surface area contributed by atoms with Gasteiger partial charge in [-0.3, -0.25) is 9.78 Å². The number of aryl methyl sites for hydroxylation is 1. The lowest BCUT2D eigenvalue weighted by molar-refractivity contribution is -0.118. The molecule has 0 saturated carbocycles. The molecule has 2 unspecified atom stereocenters. The number of nitrogens with zero attached hydrogens (tertiary/aromatic N) is 3. The van der Waals surface area contributed by atoms with Crippen LogP contribution in [0, 0.1) is 19.8 Å². The Morgan fingerprint density at radius 1 is 1.03 bits per heavy atom. The first-order valence-electron chi connectivity index (χ1n) is 12.7. The van der Waals surface area contributed by atoms with Gasteiger partial charge in [0.1, 0.15) is 0 Å². The first-order chi connectivity index (χ1) is 18.7. The number of anilines is 2. The molecule has 0 spiro atoms. The van der Waals surface area contributed by atoms with Crippen LogP contribution in [0.2, 0.25) is 10.0 Å². The predicted molar refractivity (Wildman–Crippen MR) is 163 cm³/mol. The topological polar surface area (TPSA) is 62.2 Å². The Morgan fingerprint density at radius 2 is 1.74 bits per heavy atom. The van der Waals surface area contributed by atoms with E-state index < -0.39 is 0 Å². The lowest BCUT2D eigenvalue weighted by Gasteiger charge is -2.28. The molecule has 1 amide bonds. The molecule has 0 radical (unpaired) electrons. The van der Waals surface area contributed by atoms with Crippen LogP contribution in [0.15, 0.2) is 72.9 Å². The molecule has 1 fully saturated rings. The molecule has 2 aromatic heterocycles. The SMILES string of the molecule is Cc1cc(C2C(c3ccccn3)NC(=S)N2c2ccc(NC(=O)C(C)C)c(Cl)c2)c(C)n1-c1ccc(Cl)cc1. The summed E-state index contributed by atoms with van der Waals surface area (Å²) < 4.78 is 2.22. The van der Waals surface area contributed by atoms with Crippen molar-refractivity contribution in [2.24, 2.45) is 5.92 Å². The second-order valence-corrected chi connectivity index (χ2v) is 11.2. The van der Waals surface area contributed by atoms with Crippen LogP contribution in [0.1, 0.15) is 48.6 Å². The number of rotatable bonds is 6. The van der Waals surface area contributed by atoms with E-state index in [0.29, 0.717) is 20.8 Å². The molecule has 2 aromatic carbocycles. The summed E-state index contributed by atoms with van der Waals surface area (Å²) in [7, 11) is 0. The minimum Gasteiger partial charge on any atom is -0.351 e. The second-order valence-electron chi connectivity index (χ2n) is 9.94. The van der Waals surface area contributed by atoms with Crippen LogP contribution in [0.4, 0.5) is 11.4 Å². The largest absolute Gasteiger partial charge is 0.351 e. The quantitative estimate of drug-likeness (QED) is 0.231. The summed E-state index contributed by atoms with van der Waals surface area (Å²) in [6.45, 7) is 7.89. The van der Waals surface area contributed by atoms with Crippen molar-refractivity contribution in [3.05, 3.63) is 106 Å². The normalized spacial score (nSPS) is 17.0. The molecule has 1 saturated heterocycles. The van der Waals surface area contributed by atoms with Gasteiger partial charge in [-0.05, 0) is 92.3 Å². The van der Waals surface area contributed by atoms with Gasteiger partial charge in [0, 0.05) is 39.9 Å². The minimum atomic E-state index is -0.202. The van der Waals surface area contributed by atoms with Gasteiger partial charge >= 0.3 is 0 Å². The number of carbonyl (C=O) groups is 1. The highest BCUT2D eigenvalue weighted by Crippen LogP contribution is 2.44. The average molecular weight is 579 g/mol. The Hall–Kier alpha value is -3.39. The van der Waals surface area contributed by atoms with Gasteiger partial charge in [0.25, 0.3) is 0 Å². The van der Waals surface area contributed by atoms with Crippen LogP contribution in [-0.4, -0.2) is 20.6 Å². The highest BCUT2D eigenvalue weighted by molar-refractivity contribution is 7.80. The molecular weight excluding hydrogens is 549 g/mol.